The number of aryl methyl sites for hydroxylation is 1. The second-order valence-corrected chi connectivity index (χ2v) is 4.85. The van der Waals surface area contributed by atoms with Crippen molar-refractivity contribution in [1.82, 2.24) is 15.0 Å². The maximum Gasteiger partial charge on any atom is 0.187 e. The molecule has 0 aromatic carbocycles. The summed E-state index contributed by atoms with van der Waals surface area (Å²) in [6.07, 6.45) is 5.50. The minimum absolute atomic E-state index is 0.808. The summed E-state index contributed by atoms with van der Waals surface area (Å²) >= 11 is 1.63. The molecule has 1 N–H and O–H groups in total. The number of nitrogens with one attached hydrogen (secondary N) is 1. The molecule has 5 heteroatoms. The van der Waals surface area contributed by atoms with Crippen molar-refractivity contribution in [2.24, 2.45) is 0 Å². The van der Waals surface area contributed by atoms with Crippen molar-refractivity contribution in [3.63, 3.8) is 0 Å². The predicted molar refractivity (Wildman–Crippen MR) is 74.7 cm³/mol. The first-order chi connectivity index (χ1) is 8.78. The summed E-state index contributed by atoms with van der Waals surface area (Å²) in [4.78, 5) is 12.8. The molecule has 0 aliphatic heterocycles. The van der Waals surface area contributed by atoms with Gasteiger partial charge in [0, 0.05) is 30.9 Å². The summed E-state index contributed by atoms with van der Waals surface area (Å²) < 4.78 is 0. The van der Waals surface area contributed by atoms with Crippen LogP contribution in [0.1, 0.15) is 18.1 Å². The lowest BCUT2D eigenvalue weighted by atomic mass is 10.3. The highest BCUT2D eigenvalue weighted by Crippen LogP contribution is 2.19. The number of hydrogen-bond donors (Lipinski definition) is 1. The second kappa shape index (κ2) is 6.35. The van der Waals surface area contributed by atoms with E-state index < -0.39 is 0 Å². The van der Waals surface area contributed by atoms with Crippen molar-refractivity contribution in [3.05, 3.63) is 41.9 Å². The third-order valence-electron chi connectivity index (χ3n) is 2.31. The first-order valence-corrected chi connectivity index (χ1v) is 6.86. The van der Waals surface area contributed by atoms with Crippen LogP contribution in [0.15, 0.2) is 35.9 Å². The van der Waals surface area contributed by atoms with Crippen molar-refractivity contribution in [2.75, 3.05) is 11.9 Å². The van der Waals surface area contributed by atoms with Gasteiger partial charge in [0.1, 0.15) is 5.82 Å². The number of nitrogens with zero attached hydrogens (tertiary/aromatic N) is 3. The summed E-state index contributed by atoms with van der Waals surface area (Å²) in [5.41, 5.74) is 2.30. The molecule has 94 valence electrons. The molecule has 18 heavy (non-hydrogen) atoms. The Morgan fingerprint density at radius 1 is 1.22 bits per heavy atom. The van der Waals surface area contributed by atoms with Gasteiger partial charge < -0.3 is 5.32 Å². The highest BCUT2D eigenvalue weighted by molar-refractivity contribution is 7.98. The van der Waals surface area contributed by atoms with Crippen molar-refractivity contribution >= 4 is 17.6 Å². The highest BCUT2D eigenvalue weighted by atomic mass is 32.2. The minimum atomic E-state index is 0.808. The van der Waals surface area contributed by atoms with Gasteiger partial charge in [-0.05, 0) is 37.1 Å². The number of aromatic nitrogens is 3. The van der Waals surface area contributed by atoms with Gasteiger partial charge in [-0.25, -0.2) is 15.0 Å². The minimum Gasteiger partial charge on any atom is -0.370 e. The van der Waals surface area contributed by atoms with Crippen LogP contribution in [0, 0.1) is 6.92 Å². The summed E-state index contributed by atoms with van der Waals surface area (Å²) in [6, 6.07) is 4.08. The monoisotopic (exact) mass is 260 g/mol. The summed E-state index contributed by atoms with van der Waals surface area (Å²) in [7, 11) is 0. The molecule has 0 atom stereocenters. The zero-order chi connectivity index (χ0) is 12.8. The SMILES string of the molecule is CCNc1cc(CSc2ncc(C)cn2)ccn1. The molecule has 2 aromatic rings. The smallest absolute Gasteiger partial charge is 0.187 e. The van der Waals surface area contributed by atoms with Gasteiger partial charge in [-0.1, -0.05) is 11.8 Å². The number of rotatable bonds is 5. The number of anilines is 1. The van der Waals surface area contributed by atoms with Gasteiger partial charge in [0.25, 0.3) is 0 Å². The Labute approximate surface area is 111 Å². The number of hydrogen-bond acceptors (Lipinski definition) is 5. The first kappa shape index (κ1) is 12.8. The molecule has 2 rings (SSSR count). The molecule has 0 spiro atoms. The van der Waals surface area contributed by atoms with Crippen molar-refractivity contribution < 1.29 is 0 Å². The average Bonchev–Trinajstić information content (AvgIpc) is 2.39. The lowest BCUT2D eigenvalue weighted by molar-refractivity contribution is 0.949. The fourth-order valence-corrected chi connectivity index (χ4v) is 2.17. The molecule has 0 saturated carbocycles. The van der Waals surface area contributed by atoms with Crippen LogP contribution in [-0.2, 0) is 5.75 Å². The third kappa shape index (κ3) is 3.70. The molecule has 0 amide bonds. The number of pyridine rings is 1. The van der Waals surface area contributed by atoms with E-state index in [9.17, 15) is 0 Å². The molecule has 0 aliphatic rings. The Balaban J connectivity index is 1.97. The fraction of sp³-hybridized carbons (Fsp3) is 0.308. The Morgan fingerprint density at radius 3 is 2.72 bits per heavy atom. The molecule has 0 bridgehead atoms. The second-order valence-electron chi connectivity index (χ2n) is 3.91. The van der Waals surface area contributed by atoms with Crippen LogP contribution in [0.25, 0.3) is 0 Å². The molecule has 0 aliphatic carbocycles. The van der Waals surface area contributed by atoms with Crippen LogP contribution < -0.4 is 5.32 Å². The largest absolute Gasteiger partial charge is 0.370 e. The molecular weight excluding hydrogens is 244 g/mol. The maximum absolute atomic E-state index is 4.27. The van der Waals surface area contributed by atoms with Crippen LogP contribution >= 0.6 is 11.8 Å². The van der Waals surface area contributed by atoms with E-state index in [4.69, 9.17) is 0 Å². The normalized spacial score (nSPS) is 10.3. The number of thioether (sulfide) groups is 1. The summed E-state index contributed by atoms with van der Waals surface area (Å²) in [6.45, 7) is 4.92. The topological polar surface area (TPSA) is 50.7 Å². The Morgan fingerprint density at radius 2 is 2.00 bits per heavy atom. The van der Waals surface area contributed by atoms with Crippen molar-refractivity contribution in [3.8, 4) is 0 Å². The van der Waals surface area contributed by atoms with E-state index in [2.05, 4.69) is 33.3 Å². The molecule has 2 aromatic heterocycles. The zero-order valence-electron chi connectivity index (χ0n) is 10.6. The van der Waals surface area contributed by atoms with Gasteiger partial charge in [0.15, 0.2) is 5.16 Å². The van der Waals surface area contributed by atoms with Gasteiger partial charge in [0.2, 0.25) is 0 Å². The zero-order valence-corrected chi connectivity index (χ0v) is 11.4. The van der Waals surface area contributed by atoms with E-state index in [1.165, 1.54) is 5.56 Å². The fourth-order valence-electron chi connectivity index (χ4n) is 1.45. The van der Waals surface area contributed by atoms with E-state index in [0.717, 1.165) is 28.8 Å². The van der Waals surface area contributed by atoms with E-state index >= 15 is 0 Å². The van der Waals surface area contributed by atoms with Gasteiger partial charge >= 0.3 is 0 Å². The lowest BCUT2D eigenvalue weighted by Gasteiger charge is -2.05. The van der Waals surface area contributed by atoms with Crippen molar-refractivity contribution in [1.29, 1.82) is 0 Å². The predicted octanol–water partition coefficient (Wildman–Crippen LogP) is 2.90. The van der Waals surface area contributed by atoms with Crippen LogP contribution in [0.4, 0.5) is 5.82 Å². The summed E-state index contributed by atoms with van der Waals surface area (Å²) in [5.74, 6) is 1.77. The molecule has 0 unspecified atom stereocenters. The molecule has 2 heterocycles. The van der Waals surface area contributed by atoms with Gasteiger partial charge in [-0.3, -0.25) is 0 Å². The average molecular weight is 260 g/mol. The molecule has 0 saturated heterocycles. The summed E-state index contributed by atoms with van der Waals surface area (Å²) in [5, 5.41) is 4.01. The Bertz CT molecular complexity index is 499. The van der Waals surface area contributed by atoms with Crippen LogP contribution in [0.3, 0.4) is 0 Å². The maximum atomic E-state index is 4.27. The lowest BCUT2D eigenvalue weighted by Crippen LogP contribution is -1.99. The van der Waals surface area contributed by atoms with Gasteiger partial charge in [-0.15, -0.1) is 0 Å². The Hall–Kier alpha value is -1.62. The van der Waals surface area contributed by atoms with Crippen LogP contribution in [0.5, 0.6) is 0 Å². The third-order valence-corrected chi connectivity index (χ3v) is 3.25. The van der Waals surface area contributed by atoms with Gasteiger partial charge in [-0.2, -0.15) is 0 Å². The molecule has 0 fully saturated rings. The van der Waals surface area contributed by atoms with Crippen molar-refractivity contribution in [2.45, 2.75) is 24.8 Å². The Kier molecular flexibility index (Phi) is 4.52. The van der Waals surface area contributed by atoms with E-state index in [1.54, 1.807) is 11.8 Å². The highest BCUT2D eigenvalue weighted by Gasteiger charge is 2.00. The first-order valence-electron chi connectivity index (χ1n) is 5.88. The standard InChI is InChI=1S/C13H16N4S/c1-3-14-12-6-11(4-5-15-12)9-18-13-16-7-10(2)8-17-13/h4-8H,3,9H2,1-2H3,(H,14,15). The van der Waals surface area contributed by atoms with E-state index in [1.807, 2.05) is 31.6 Å². The molecule has 4 nitrogen and oxygen atoms in total. The van der Waals surface area contributed by atoms with E-state index in [-0.39, 0.29) is 0 Å². The quantitative estimate of drug-likeness (QED) is 0.661. The van der Waals surface area contributed by atoms with Gasteiger partial charge in [0.05, 0.1) is 0 Å². The van der Waals surface area contributed by atoms with Crippen LogP contribution in [0.2, 0.25) is 0 Å². The van der Waals surface area contributed by atoms with Crippen LogP contribution in [-0.4, -0.2) is 21.5 Å². The van der Waals surface area contributed by atoms with E-state index in [0.29, 0.717) is 0 Å². The molecule has 0 radical (unpaired) electrons. The molecular formula is C13H16N4S.